The molecule has 130 valence electrons. The molecule has 0 aliphatic carbocycles. The zero-order valence-electron chi connectivity index (χ0n) is 14.5. The van der Waals surface area contributed by atoms with Gasteiger partial charge in [0.25, 0.3) is 0 Å². The van der Waals surface area contributed by atoms with Gasteiger partial charge in [0.15, 0.2) is 5.96 Å². The predicted octanol–water partition coefficient (Wildman–Crippen LogP) is 3.37. The third-order valence-corrected chi connectivity index (χ3v) is 3.93. The number of nitrogens with zero attached hydrogens (tertiary/aromatic N) is 2. The van der Waals surface area contributed by atoms with E-state index >= 15 is 0 Å². The first-order valence-electron chi connectivity index (χ1n) is 8.64. The van der Waals surface area contributed by atoms with Crippen molar-refractivity contribution in [1.82, 2.24) is 15.5 Å². The summed E-state index contributed by atoms with van der Waals surface area (Å²) in [6.07, 6.45) is 3.81. The highest BCUT2D eigenvalue weighted by molar-refractivity contribution is 14.0. The Morgan fingerprint density at radius 3 is 2.30 bits per heavy atom. The predicted molar refractivity (Wildman–Crippen MR) is 109 cm³/mol. The average molecular weight is 430 g/mol. The molecule has 1 saturated heterocycles. The van der Waals surface area contributed by atoms with Crippen molar-refractivity contribution in [3.63, 3.8) is 0 Å². The molecule has 0 amide bonds. The molecule has 2 N–H and O–H groups in total. The summed E-state index contributed by atoms with van der Waals surface area (Å²) in [6.45, 7) is 10.4. The van der Waals surface area contributed by atoms with E-state index in [4.69, 9.17) is 0 Å². The number of guanidine groups is 1. The molecule has 23 heavy (non-hydrogen) atoms. The Balaban J connectivity index is 0.00000264. The van der Waals surface area contributed by atoms with Gasteiger partial charge in [0.2, 0.25) is 0 Å². The number of nitrogens with one attached hydrogen (secondary N) is 2. The van der Waals surface area contributed by atoms with Crippen molar-refractivity contribution in [2.45, 2.75) is 46.2 Å². The maximum absolute atomic E-state index is 4.64. The van der Waals surface area contributed by atoms with E-state index < -0.39 is 0 Å². The van der Waals surface area contributed by atoms with Crippen molar-refractivity contribution < 1.29 is 0 Å². The van der Waals surface area contributed by atoms with E-state index in [2.05, 4.69) is 58.6 Å². The van der Waals surface area contributed by atoms with Gasteiger partial charge in [0.1, 0.15) is 0 Å². The molecule has 0 spiro atoms. The molecule has 1 fully saturated rings. The quantitative estimate of drug-likeness (QED) is 0.396. The van der Waals surface area contributed by atoms with Crippen LogP contribution in [0.1, 0.15) is 44.2 Å². The number of aliphatic imine (C=N–C) groups is 1. The van der Waals surface area contributed by atoms with E-state index in [0.29, 0.717) is 0 Å². The number of hydrogen-bond donors (Lipinski definition) is 2. The van der Waals surface area contributed by atoms with Crippen molar-refractivity contribution in [3.05, 3.63) is 35.4 Å². The zero-order chi connectivity index (χ0) is 15.6. The molecule has 1 aromatic rings. The van der Waals surface area contributed by atoms with Crippen LogP contribution in [0.2, 0.25) is 0 Å². The first-order valence-corrected chi connectivity index (χ1v) is 8.64. The molecule has 0 aromatic heterocycles. The molecule has 1 aliphatic rings. The Morgan fingerprint density at radius 2 is 1.70 bits per heavy atom. The molecule has 4 nitrogen and oxygen atoms in total. The summed E-state index contributed by atoms with van der Waals surface area (Å²) >= 11 is 0. The van der Waals surface area contributed by atoms with Gasteiger partial charge >= 0.3 is 0 Å². The maximum atomic E-state index is 4.64. The fourth-order valence-corrected chi connectivity index (χ4v) is 2.70. The standard InChI is InChI=1S/C18H30N4.HI/c1-3-11-20-18(19-4-2)21-14-16-7-9-17(10-8-16)15-22-12-5-6-13-22;/h7-10H,3-6,11-15H2,1-2H3,(H2,19,20,21);1H. The minimum absolute atomic E-state index is 0. The first kappa shape index (κ1) is 20.2. The van der Waals surface area contributed by atoms with E-state index in [9.17, 15) is 0 Å². The van der Waals surface area contributed by atoms with Gasteiger partial charge in [0, 0.05) is 19.6 Å². The molecular weight excluding hydrogens is 399 g/mol. The van der Waals surface area contributed by atoms with E-state index in [1.165, 1.54) is 37.1 Å². The Labute approximate surface area is 158 Å². The van der Waals surface area contributed by atoms with Crippen molar-refractivity contribution >= 4 is 29.9 Å². The SMILES string of the molecule is CCCNC(=NCc1ccc(CN2CCCC2)cc1)NCC.I. The van der Waals surface area contributed by atoms with Crippen LogP contribution < -0.4 is 10.6 Å². The Hall–Kier alpha value is -0.820. The summed E-state index contributed by atoms with van der Waals surface area (Å²) in [6, 6.07) is 8.90. The molecular formula is C18H31IN4. The van der Waals surface area contributed by atoms with Gasteiger partial charge in [-0.1, -0.05) is 31.2 Å². The van der Waals surface area contributed by atoms with Gasteiger partial charge in [-0.2, -0.15) is 0 Å². The minimum atomic E-state index is 0. The van der Waals surface area contributed by atoms with Gasteiger partial charge in [-0.3, -0.25) is 4.90 Å². The fraction of sp³-hybridized carbons (Fsp3) is 0.611. The normalized spacial score (nSPS) is 15.3. The van der Waals surface area contributed by atoms with Crippen LogP contribution in [0.15, 0.2) is 29.3 Å². The van der Waals surface area contributed by atoms with E-state index in [1.54, 1.807) is 0 Å². The molecule has 1 aromatic carbocycles. The number of likely N-dealkylation sites (tertiary alicyclic amines) is 1. The highest BCUT2D eigenvalue weighted by atomic mass is 127. The molecule has 5 heteroatoms. The zero-order valence-corrected chi connectivity index (χ0v) is 16.8. The molecule has 2 rings (SSSR count). The number of benzene rings is 1. The van der Waals surface area contributed by atoms with Crippen LogP contribution in [-0.4, -0.2) is 37.0 Å². The highest BCUT2D eigenvalue weighted by Gasteiger charge is 2.11. The summed E-state index contributed by atoms with van der Waals surface area (Å²) < 4.78 is 0. The van der Waals surface area contributed by atoms with Crippen molar-refractivity contribution in [3.8, 4) is 0 Å². The van der Waals surface area contributed by atoms with Crippen LogP contribution >= 0.6 is 24.0 Å². The minimum Gasteiger partial charge on any atom is -0.357 e. The lowest BCUT2D eigenvalue weighted by atomic mass is 10.1. The topological polar surface area (TPSA) is 39.7 Å². The van der Waals surface area contributed by atoms with Gasteiger partial charge < -0.3 is 10.6 Å². The summed E-state index contributed by atoms with van der Waals surface area (Å²) in [7, 11) is 0. The van der Waals surface area contributed by atoms with Crippen LogP contribution in [0, 0.1) is 0 Å². The largest absolute Gasteiger partial charge is 0.357 e. The maximum Gasteiger partial charge on any atom is 0.191 e. The average Bonchev–Trinajstić information content (AvgIpc) is 3.04. The van der Waals surface area contributed by atoms with E-state index in [0.717, 1.165) is 38.6 Å². The number of hydrogen-bond acceptors (Lipinski definition) is 2. The molecule has 0 radical (unpaired) electrons. The van der Waals surface area contributed by atoms with Gasteiger partial charge in [0.05, 0.1) is 6.54 Å². The second-order valence-electron chi connectivity index (χ2n) is 5.92. The van der Waals surface area contributed by atoms with E-state index in [1.807, 2.05) is 0 Å². The molecule has 1 heterocycles. The molecule has 0 bridgehead atoms. The van der Waals surface area contributed by atoms with Crippen LogP contribution in [0.25, 0.3) is 0 Å². The molecule has 1 aliphatic heterocycles. The van der Waals surface area contributed by atoms with Gasteiger partial charge in [-0.05, 0) is 50.4 Å². The van der Waals surface area contributed by atoms with Crippen LogP contribution in [0.5, 0.6) is 0 Å². The van der Waals surface area contributed by atoms with Crippen molar-refractivity contribution in [2.75, 3.05) is 26.2 Å². The summed E-state index contributed by atoms with van der Waals surface area (Å²) in [5.41, 5.74) is 2.67. The van der Waals surface area contributed by atoms with Crippen LogP contribution in [-0.2, 0) is 13.1 Å². The van der Waals surface area contributed by atoms with Crippen molar-refractivity contribution in [1.29, 1.82) is 0 Å². The number of halogens is 1. The fourth-order valence-electron chi connectivity index (χ4n) is 2.70. The second-order valence-corrected chi connectivity index (χ2v) is 5.92. The van der Waals surface area contributed by atoms with Crippen molar-refractivity contribution in [2.24, 2.45) is 4.99 Å². The first-order chi connectivity index (χ1) is 10.8. The number of rotatable bonds is 7. The van der Waals surface area contributed by atoms with Crippen LogP contribution in [0.3, 0.4) is 0 Å². The smallest absolute Gasteiger partial charge is 0.191 e. The molecule has 0 unspecified atom stereocenters. The highest BCUT2D eigenvalue weighted by Crippen LogP contribution is 2.13. The van der Waals surface area contributed by atoms with E-state index in [-0.39, 0.29) is 24.0 Å². The third kappa shape index (κ3) is 7.52. The summed E-state index contributed by atoms with van der Waals surface area (Å²) in [5.74, 6) is 0.908. The Bertz CT molecular complexity index is 453. The van der Waals surface area contributed by atoms with Gasteiger partial charge in [-0.25, -0.2) is 4.99 Å². The van der Waals surface area contributed by atoms with Crippen LogP contribution in [0.4, 0.5) is 0 Å². The lowest BCUT2D eigenvalue weighted by molar-refractivity contribution is 0.331. The molecule has 0 saturated carbocycles. The molecule has 0 atom stereocenters. The lowest BCUT2D eigenvalue weighted by Crippen LogP contribution is -2.37. The van der Waals surface area contributed by atoms with Gasteiger partial charge in [-0.15, -0.1) is 24.0 Å². The summed E-state index contributed by atoms with van der Waals surface area (Å²) in [4.78, 5) is 7.17. The Kier molecular flexibility index (Phi) is 10.3. The lowest BCUT2D eigenvalue weighted by Gasteiger charge is -2.14. The third-order valence-electron chi connectivity index (χ3n) is 3.93. The Morgan fingerprint density at radius 1 is 1.04 bits per heavy atom. The monoisotopic (exact) mass is 430 g/mol. The summed E-state index contributed by atoms with van der Waals surface area (Å²) in [5, 5.41) is 6.61. The second kappa shape index (κ2) is 11.7.